The molecular formula is C28H17N3. The van der Waals surface area contributed by atoms with Gasteiger partial charge in [-0.15, -0.1) is 0 Å². The van der Waals surface area contributed by atoms with Gasteiger partial charge in [-0.05, 0) is 40.8 Å². The van der Waals surface area contributed by atoms with E-state index in [1.807, 2.05) is 36.4 Å². The molecule has 144 valence electrons. The Morgan fingerprint density at radius 1 is 0.645 bits per heavy atom. The third-order valence-electron chi connectivity index (χ3n) is 5.81. The van der Waals surface area contributed by atoms with Crippen LogP contribution in [0.1, 0.15) is 5.56 Å². The third-order valence-corrected chi connectivity index (χ3v) is 5.81. The summed E-state index contributed by atoms with van der Waals surface area (Å²) in [4.78, 5) is 5.07. The topological polar surface area (TPSA) is 41.1 Å². The van der Waals surface area contributed by atoms with Crippen molar-refractivity contribution in [1.29, 1.82) is 5.26 Å². The molecule has 0 amide bonds. The van der Waals surface area contributed by atoms with Crippen LogP contribution in [0.3, 0.4) is 0 Å². The van der Waals surface area contributed by atoms with Crippen molar-refractivity contribution >= 4 is 27.5 Å². The molecule has 0 bridgehead atoms. The lowest BCUT2D eigenvalue weighted by atomic mass is 9.95. The van der Waals surface area contributed by atoms with Crippen molar-refractivity contribution in [1.82, 2.24) is 9.38 Å². The first kappa shape index (κ1) is 17.4. The molecule has 4 aromatic carbocycles. The molecule has 2 heterocycles. The molecule has 0 radical (unpaired) electrons. The molecular weight excluding hydrogens is 378 g/mol. The molecule has 0 aliphatic rings. The minimum absolute atomic E-state index is 0.653. The number of pyridine rings is 1. The Bertz CT molecular complexity index is 1620. The Kier molecular flexibility index (Phi) is 3.84. The molecule has 6 rings (SSSR count). The zero-order valence-electron chi connectivity index (χ0n) is 16.7. The van der Waals surface area contributed by atoms with Gasteiger partial charge in [0.1, 0.15) is 5.65 Å². The van der Waals surface area contributed by atoms with E-state index in [2.05, 4.69) is 77.2 Å². The highest BCUT2D eigenvalue weighted by Crippen LogP contribution is 2.40. The van der Waals surface area contributed by atoms with E-state index in [0.717, 1.165) is 49.8 Å². The van der Waals surface area contributed by atoms with E-state index in [9.17, 15) is 5.26 Å². The van der Waals surface area contributed by atoms with Crippen LogP contribution in [0.25, 0.3) is 49.8 Å². The first-order valence-corrected chi connectivity index (χ1v) is 10.2. The van der Waals surface area contributed by atoms with Crippen molar-refractivity contribution in [2.24, 2.45) is 0 Å². The Labute approximate surface area is 179 Å². The molecule has 0 aliphatic carbocycles. The van der Waals surface area contributed by atoms with Gasteiger partial charge in [-0.25, -0.2) is 4.98 Å². The number of para-hydroxylation sites is 2. The number of hydrogen-bond acceptors (Lipinski definition) is 2. The Morgan fingerprint density at radius 2 is 1.32 bits per heavy atom. The second kappa shape index (κ2) is 6.83. The predicted molar refractivity (Wildman–Crippen MR) is 126 cm³/mol. The van der Waals surface area contributed by atoms with Gasteiger partial charge in [0, 0.05) is 10.9 Å². The van der Waals surface area contributed by atoms with Gasteiger partial charge in [-0.3, -0.25) is 4.40 Å². The predicted octanol–water partition coefficient (Wildman–Crippen LogP) is 6.85. The summed E-state index contributed by atoms with van der Waals surface area (Å²) in [6, 6.07) is 37.2. The van der Waals surface area contributed by atoms with Crippen LogP contribution in [0, 0.1) is 11.3 Å². The fraction of sp³-hybridized carbons (Fsp3) is 0. The maximum atomic E-state index is 9.25. The lowest BCUT2D eigenvalue weighted by molar-refractivity contribution is 1.25. The molecule has 0 unspecified atom stereocenters. The van der Waals surface area contributed by atoms with E-state index >= 15 is 0 Å². The van der Waals surface area contributed by atoms with Gasteiger partial charge < -0.3 is 0 Å². The number of aromatic nitrogens is 2. The van der Waals surface area contributed by atoms with Crippen molar-refractivity contribution < 1.29 is 0 Å². The number of fused-ring (bicyclic) bond motifs is 4. The second-order valence-corrected chi connectivity index (χ2v) is 7.58. The summed E-state index contributed by atoms with van der Waals surface area (Å²) < 4.78 is 2.27. The summed E-state index contributed by atoms with van der Waals surface area (Å²) in [5, 5.41) is 11.6. The fourth-order valence-electron chi connectivity index (χ4n) is 4.45. The second-order valence-electron chi connectivity index (χ2n) is 7.58. The molecule has 6 aromatic rings. The summed E-state index contributed by atoms with van der Waals surface area (Å²) in [6.07, 6.45) is 0. The molecule has 0 fully saturated rings. The summed E-state index contributed by atoms with van der Waals surface area (Å²) in [5.74, 6) is 0. The zero-order valence-corrected chi connectivity index (χ0v) is 16.7. The largest absolute Gasteiger partial charge is 0.291 e. The summed E-state index contributed by atoms with van der Waals surface area (Å²) in [7, 11) is 0. The zero-order chi connectivity index (χ0) is 20.8. The van der Waals surface area contributed by atoms with Crippen LogP contribution in [0.2, 0.25) is 0 Å². The van der Waals surface area contributed by atoms with E-state index in [1.54, 1.807) is 0 Å². The highest BCUT2D eigenvalue weighted by molar-refractivity contribution is 6.10. The van der Waals surface area contributed by atoms with E-state index in [0.29, 0.717) is 5.56 Å². The first-order chi connectivity index (χ1) is 15.3. The fourth-order valence-corrected chi connectivity index (χ4v) is 4.45. The van der Waals surface area contributed by atoms with Gasteiger partial charge in [0.2, 0.25) is 0 Å². The van der Waals surface area contributed by atoms with Crippen molar-refractivity contribution in [2.45, 2.75) is 0 Å². The smallest absolute Gasteiger partial charge is 0.147 e. The first-order valence-electron chi connectivity index (χ1n) is 10.2. The molecule has 0 aliphatic heterocycles. The standard InChI is InChI=1S/C28H17N3/c29-18-19-14-16-21(17-15-19)27-23-11-5-4-10-22(23)26(20-8-2-1-3-9-20)28-30-24-12-6-7-13-25(24)31(27)28/h1-17H. The summed E-state index contributed by atoms with van der Waals surface area (Å²) >= 11 is 0. The minimum Gasteiger partial charge on any atom is -0.291 e. The molecule has 0 N–H and O–H groups in total. The van der Waals surface area contributed by atoms with Crippen molar-refractivity contribution in [3.8, 4) is 28.5 Å². The van der Waals surface area contributed by atoms with Gasteiger partial charge in [-0.1, -0.05) is 78.9 Å². The van der Waals surface area contributed by atoms with Crippen LogP contribution in [-0.4, -0.2) is 9.38 Å². The van der Waals surface area contributed by atoms with E-state index in [4.69, 9.17) is 4.98 Å². The maximum absolute atomic E-state index is 9.25. The molecule has 0 saturated carbocycles. The average Bonchev–Trinajstić information content (AvgIpc) is 3.22. The van der Waals surface area contributed by atoms with Gasteiger partial charge in [-0.2, -0.15) is 5.26 Å². The number of nitriles is 1. The van der Waals surface area contributed by atoms with E-state index in [-0.39, 0.29) is 0 Å². The lowest BCUT2D eigenvalue weighted by Gasteiger charge is -2.16. The molecule has 0 spiro atoms. The SMILES string of the molecule is N#Cc1ccc(-c2c3ccccc3c(-c3ccccc3)c3nc4ccccc4n23)cc1. The van der Waals surface area contributed by atoms with Crippen molar-refractivity contribution in [2.75, 3.05) is 0 Å². The molecule has 31 heavy (non-hydrogen) atoms. The molecule has 0 saturated heterocycles. The Morgan fingerprint density at radius 3 is 2.10 bits per heavy atom. The number of nitrogens with zero attached hydrogens (tertiary/aromatic N) is 3. The molecule has 3 heteroatoms. The van der Waals surface area contributed by atoms with Crippen LogP contribution in [0.4, 0.5) is 0 Å². The number of rotatable bonds is 2. The van der Waals surface area contributed by atoms with Crippen LogP contribution < -0.4 is 0 Å². The van der Waals surface area contributed by atoms with Crippen LogP contribution in [0.5, 0.6) is 0 Å². The molecule has 2 aromatic heterocycles. The Balaban J connectivity index is 1.87. The number of benzene rings is 4. The van der Waals surface area contributed by atoms with Gasteiger partial charge in [0.05, 0.1) is 28.4 Å². The van der Waals surface area contributed by atoms with Crippen LogP contribution in [-0.2, 0) is 0 Å². The highest BCUT2D eigenvalue weighted by atomic mass is 15.0. The van der Waals surface area contributed by atoms with Crippen molar-refractivity contribution in [3.63, 3.8) is 0 Å². The molecule has 3 nitrogen and oxygen atoms in total. The van der Waals surface area contributed by atoms with Crippen molar-refractivity contribution in [3.05, 3.63) is 109 Å². The average molecular weight is 395 g/mol. The monoisotopic (exact) mass is 395 g/mol. The third kappa shape index (κ3) is 2.63. The summed E-state index contributed by atoms with van der Waals surface area (Å²) in [6.45, 7) is 0. The normalized spacial score (nSPS) is 11.2. The van der Waals surface area contributed by atoms with E-state index < -0.39 is 0 Å². The van der Waals surface area contributed by atoms with Crippen LogP contribution >= 0.6 is 0 Å². The highest BCUT2D eigenvalue weighted by Gasteiger charge is 2.20. The molecule has 0 atom stereocenters. The van der Waals surface area contributed by atoms with E-state index in [1.165, 1.54) is 0 Å². The Hall–Kier alpha value is -4.42. The minimum atomic E-state index is 0.653. The lowest BCUT2D eigenvalue weighted by Crippen LogP contribution is -1.98. The number of imidazole rings is 1. The summed E-state index contributed by atoms with van der Waals surface area (Å²) in [5.41, 5.74) is 8.04. The number of hydrogen-bond donors (Lipinski definition) is 0. The van der Waals surface area contributed by atoms with Gasteiger partial charge in [0.25, 0.3) is 0 Å². The van der Waals surface area contributed by atoms with Gasteiger partial charge >= 0.3 is 0 Å². The quantitative estimate of drug-likeness (QED) is 0.322. The maximum Gasteiger partial charge on any atom is 0.147 e. The van der Waals surface area contributed by atoms with Gasteiger partial charge in [0.15, 0.2) is 0 Å². The van der Waals surface area contributed by atoms with Crippen LogP contribution in [0.15, 0.2) is 103 Å².